The monoisotopic (exact) mass is 411 g/mol. The average Bonchev–Trinajstić information content (AvgIpc) is 3.12. The second-order valence-electron chi connectivity index (χ2n) is 13.0. The number of aliphatic hydroxyl groups is 2. The van der Waals surface area contributed by atoms with Gasteiger partial charge in [-0.2, -0.15) is 0 Å². The fraction of sp³-hybridized carbons (Fsp3) is 0.815. The van der Waals surface area contributed by atoms with Gasteiger partial charge in [0.25, 0.3) is 0 Å². The van der Waals surface area contributed by atoms with Gasteiger partial charge in [0.1, 0.15) is 0 Å². The van der Waals surface area contributed by atoms with Gasteiger partial charge in [-0.25, -0.2) is 0 Å². The van der Waals surface area contributed by atoms with Crippen LogP contribution in [0.3, 0.4) is 0 Å². The number of pyridine rings is 1. The predicted molar refractivity (Wildman–Crippen MR) is 120 cm³/mol. The maximum absolute atomic E-state index is 11.8. The molecule has 4 saturated carbocycles. The molecule has 5 rings (SSSR count). The van der Waals surface area contributed by atoms with Gasteiger partial charge in [-0.15, -0.1) is 0 Å². The van der Waals surface area contributed by atoms with Crippen molar-refractivity contribution in [2.45, 2.75) is 104 Å². The average molecular weight is 412 g/mol. The van der Waals surface area contributed by atoms with E-state index in [1.807, 2.05) is 0 Å². The Morgan fingerprint density at radius 2 is 1.17 bits per heavy atom. The fourth-order valence-electron chi connectivity index (χ4n) is 8.70. The number of nitrogens with zero attached hydrogens (tertiary/aromatic N) is 1. The third-order valence-corrected chi connectivity index (χ3v) is 11.9. The van der Waals surface area contributed by atoms with Crippen LogP contribution < -0.4 is 0 Å². The minimum atomic E-state index is -0.678. The molecule has 2 N–H and O–H groups in total. The maximum Gasteiger partial charge on any atom is 0.0764 e. The molecule has 1 aromatic heterocycles. The first kappa shape index (κ1) is 20.9. The molecule has 3 nitrogen and oxygen atoms in total. The molecule has 1 heterocycles. The zero-order valence-corrected chi connectivity index (χ0v) is 19.9. The van der Waals surface area contributed by atoms with E-state index in [9.17, 15) is 10.2 Å². The van der Waals surface area contributed by atoms with E-state index < -0.39 is 11.2 Å². The van der Waals surface area contributed by atoms with Crippen molar-refractivity contribution in [3.05, 3.63) is 29.6 Å². The molecular weight excluding hydrogens is 370 g/mol. The van der Waals surface area contributed by atoms with E-state index in [4.69, 9.17) is 4.98 Å². The van der Waals surface area contributed by atoms with Crippen LogP contribution in [0.25, 0.3) is 0 Å². The zero-order valence-electron chi connectivity index (χ0n) is 19.9. The van der Waals surface area contributed by atoms with Crippen molar-refractivity contribution in [2.75, 3.05) is 0 Å². The number of hydrogen-bond donors (Lipinski definition) is 2. The molecule has 30 heavy (non-hydrogen) atoms. The quantitative estimate of drug-likeness (QED) is 0.705. The van der Waals surface area contributed by atoms with Crippen LogP contribution >= 0.6 is 0 Å². The van der Waals surface area contributed by atoms with Crippen LogP contribution in [0.1, 0.15) is 91.5 Å². The Balaban J connectivity index is 1.39. The Labute approximate surface area is 182 Å². The molecule has 6 atom stereocenters. The van der Waals surface area contributed by atoms with Gasteiger partial charge >= 0.3 is 0 Å². The molecular formula is C27H41NO2. The molecule has 4 bridgehead atoms. The Morgan fingerprint density at radius 3 is 1.47 bits per heavy atom. The van der Waals surface area contributed by atoms with Crippen LogP contribution in [0, 0.1) is 33.5 Å². The highest BCUT2D eigenvalue weighted by molar-refractivity contribution is 5.25. The molecule has 0 aliphatic heterocycles. The Hall–Kier alpha value is -0.930. The molecule has 4 aliphatic carbocycles. The first-order valence-corrected chi connectivity index (χ1v) is 12.2. The zero-order chi connectivity index (χ0) is 21.8. The molecule has 0 unspecified atom stereocenters. The molecule has 0 amide bonds. The number of hydrogen-bond acceptors (Lipinski definition) is 3. The van der Waals surface area contributed by atoms with E-state index in [2.05, 4.69) is 59.7 Å². The van der Waals surface area contributed by atoms with Gasteiger partial charge in [-0.05, 0) is 73.3 Å². The van der Waals surface area contributed by atoms with E-state index in [1.54, 1.807) is 0 Å². The van der Waals surface area contributed by atoms with Gasteiger partial charge in [0.15, 0.2) is 0 Å². The normalized spacial score (nSPS) is 47.9. The molecule has 3 heteroatoms. The summed E-state index contributed by atoms with van der Waals surface area (Å²) in [5.74, 6) is 1.21. The maximum atomic E-state index is 11.8. The SMILES string of the molecule is CC1(C)[C@@H]2CC[C@@]1(C)[C@@](O)(Cc1cccc(C[C@@]3(O)C[C@H]4CC[C@]3(C)C4(C)C)n1)C2. The second kappa shape index (κ2) is 5.90. The van der Waals surface area contributed by atoms with Crippen LogP contribution in [0.5, 0.6) is 0 Å². The number of rotatable bonds is 4. The van der Waals surface area contributed by atoms with Crippen molar-refractivity contribution in [2.24, 2.45) is 33.5 Å². The lowest BCUT2D eigenvalue weighted by Gasteiger charge is -2.46. The lowest BCUT2D eigenvalue weighted by atomic mass is 9.63. The standard InChI is InChI=1S/C27H41NO2/c1-22(2)18-10-12-24(22,5)26(29,14-18)16-20-8-7-9-21(28-20)17-27(30)15-19-11-13-25(27,6)23(19,3)4/h7-9,18-19,29-30H,10-17H2,1-6H3/t18-,19-,24-,25-,26+,27+/m1/s1. The van der Waals surface area contributed by atoms with Crippen LogP contribution in [0.15, 0.2) is 18.2 Å². The van der Waals surface area contributed by atoms with Crippen LogP contribution in [-0.4, -0.2) is 26.4 Å². The van der Waals surface area contributed by atoms with Gasteiger partial charge in [0.2, 0.25) is 0 Å². The van der Waals surface area contributed by atoms with Crippen molar-refractivity contribution in [3.63, 3.8) is 0 Å². The van der Waals surface area contributed by atoms with Crippen LogP contribution in [-0.2, 0) is 12.8 Å². The summed E-state index contributed by atoms with van der Waals surface area (Å²) in [4.78, 5) is 5.00. The Bertz CT molecular complexity index is 810. The van der Waals surface area contributed by atoms with Gasteiger partial charge in [-0.1, -0.05) is 47.6 Å². The first-order valence-electron chi connectivity index (χ1n) is 12.2. The molecule has 4 aliphatic rings. The molecule has 1 aromatic rings. The fourth-order valence-corrected chi connectivity index (χ4v) is 8.70. The largest absolute Gasteiger partial charge is 0.389 e. The lowest BCUT2D eigenvalue weighted by Crippen LogP contribution is -2.49. The highest BCUT2D eigenvalue weighted by Crippen LogP contribution is 2.71. The van der Waals surface area contributed by atoms with Gasteiger partial charge in [0.05, 0.1) is 11.2 Å². The molecule has 166 valence electrons. The highest BCUT2D eigenvalue weighted by Gasteiger charge is 2.69. The minimum Gasteiger partial charge on any atom is -0.389 e. The smallest absolute Gasteiger partial charge is 0.0764 e. The predicted octanol–water partition coefficient (Wildman–Crippen LogP) is 5.32. The summed E-state index contributed by atoms with van der Waals surface area (Å²) >= 11 is 0. The second-order valence-corrected chi connectivity index (χ2v) is 13.0. The molecule has 0 radical (unpaired) electrons. The van der Waals surface area contributed by atoms with Crippen molar-refractivity contribution >= 4 is 0 Å². The topological polar surface area (TPSA) is 53.4 Å². The van der Waals surface area contributed by atoms with Gasteiger partial charge < -0.3 is 10.2 Å². The Morgan fingerprint density at radius 1 is 0.767 bits per heavy atom. The third kappa shape index (κ3) is 2.32. The minimum absolute atomic E-state index is 0.0529. The summed E-state index contributed by atoms with van der Waals surface area (Å²) in [5, 5.41) is 23.5. The van der Waals surface area contributed by atoms with Gasteiger partial charge in [-0.3, -0.25) is 4.98 Å². The van der Waals surface area contributed by atoms with Crippen molar-refractivity contribution in [1.29, 1.82) is 0 Å². The third-order valence-electron chi connectivity index (χ3n) is 11.9. The lowest BCUT2D eigenvalue weighted by molar-refractivity contribution is -0.0904. The van der Waals surface area contributed by atoms with Crippen LogP contribution in [0.4, 0.5) is 0 Å². The van der Waals surface area contributed by atoms with Crippen molar-refractivity contribution < 1.29 is 10.2 Å². The van der Waals surface area contributed by atoms with E-state index in [0.29, 0.717) is 24.7 Å². The summed E-state index contributed by atoms with van der Waals surface area (Å²) in [6, 6.07) is 6.21. The summed E-state index contributed by atoms with van der Waals surface area (Å²) in [5.41, 5.74) is 0.859. The van der Waals surface area contributed by atoms with Gasteiger partial charge in [0, 0.05) is 35.1 Å². The molecule has 0 saturated heterocycles. The summed E-state index contributed by atoms with van der Waals surface area (Å²) in [6.07, 6.45) is 7.72. The first-order chi connectivity index (χ1) is 13.8. The number of fused-ring (bicyclic) bond motifs is 4. The molecule has 0 aromatic carbocycles. The van der Waals surface area contributed by atoms with E-state index >= 15 is 0 Å². The van der Waals surface area contributed by atoms with Crippen molar-refractivity contribution in [3.8, 4) is 0 Å². The van der Waals surface area contributed by atoms with E-state index in [1.165, 1.54) is 12.8 Å². The highest BCUT2D eigenvalue weighted by atomic mass is 16.3. The summed E-state index contributed by atoms with van der Waals surface area (Å²) < 4.78 is 0. The van der Waals surface area contributed by atoms with Crippen LogP contribution in [0.2, 0.25) is 0 Å². The van der Waals surface area contributed by atoms with E-state index in [-0.39, 0.29) is 21.7 Å². The summed E-state index contributed by atoms with van der Waals surface area (Å²) in [6.45, 7) is 14.0. The molecule has 4 fully saturated rings. The Kier molecular flexibility index (Phi) is 4.12. The van der Waals surface area contributed by atoms with Crippen molar-refractivity contribution in [1.82, 2.24) is 4.98 Å². The van der Waals surface area contributed by atoms with E-state index in [0.717, 1.165) is 37.1 Å². The molecule has 0 spiro atoms. The number of aromatic nitrogens is 1. The summed E-state index contributed by atoms with van der Waals surface area (Å²) in [7, 11) is 0.